The summed E-state index contributed by atoms with van der Waals surface area (Å²) in [5, 5.41) is 14.7. The summed E-state index contributed by atoms with van der Waals surface area (Å²) in [6, 6.07) is -0.152. The minimum absolute atomic E-state index is 0.0269. The summed E-state index contributed by atoms with van der Waals surface area (Å²) in [7, 11) is 0. The summed E-state index contributed by atoms with van der Waals surface area (Å²) in [4.78, 5) is 22.7. The monoisotopic (exact) mass is 300 g/mol. The Kier molecular flexibility index (Phi) is 6.95. The van der Waals surface area contributed by atoms with Gasteiger partial charge in [0.05, 0.1) is 18.1 Å². The van der Waals surface area contributed by atoms with E-state index in [4.69, 9.17) is 9.84 Å². The quantitative estimate of drug-likeness (QED) is 0.672. The molecule has 0 spiro atoms. The highest BCUT2D eigenvalue weighted by atomic mass is 16.5. The van der Waals surface area contributed by atoms with Crippen LogP contribution in [0.25, 0.3) is 0 Å². The van der Waals surface area contributed by atoms with Crippen molar-refractivity contribution < 1.29 is 19.4 Å². The number of carboxylic acids is 1. The van der Waals surface area contributed by atoms with Gasteiger partial charge in [-0.05, 0) is 39.5 Å². The van der Waals surface area contributed by atoms with Gasteiger partial charge in [-0.25, -0.2) is 4.79 Å². The largest absolute Gasteiger partial charge is 0.481 e. The van der Waals surface area contributed by atoms with E-state index in [9.17, 15) is 9.59 Å². The zero-order valence-corrected chi connectivity index (χ0v) is 13.3. The number of urea groups is 1. The number of aliphatic carboxylic acids is 1. The molecule has 1 saturated heterocycles. The van der Waals surface area contributed by atoms with Crippen molar-refractivity contribution in [2.45, 2.75) is 64.5 Å². The molecule has 0 aromatic rings. The van der Waals surface area contributed by atoms with Crippen LogP contribution in [0, 0.1) is 5.92 Å². The third kappa shape index (κ3) is 6.80. The smallest absolute Gasteiger partial charge is 0.315 e. The van der Waals surface area contributed by atoms with Gasteiger partial charge in [0.2, 0.25) is 0 Å². The molecule has 0 saturated carbocycles. The fourth-order valence-corrected chi connectivity index (χ4v) is 2.49. The number of ether oxygens (including phenoxy) is 1. The van der Waals surface area contributed by atoms with E-state index >= 15 is 0 Å². The maximum Gasteiger partial charge on any atom is 0.315 e. The molecule has 0 aromatic heterocycles. The second-order valence-electron chi connectivity index (χ2n) is 6.39. The van der Waals surface area contributed by atoms with E-state index in [2.05, 4.69) is 10.6 Å². The molecule has 3 atom stereocenters. The van der Waals surface area contributed by atoms with Gasteiger partial charge in [0, 0.05) is 12.6 Å². The number of rotatable bonds is 7. The highest BCUT2D eigenvalue weighted by molar-refractivity contribution is 5.75. The SMILES string of the molecule is CC(CCCC(C)C(=O)O)NC(=O)NC1(C)CCCOC1. The summed E-state index contributed by atoms with van der Waals surface area (Å²) in [5.74, 6) is -1.09. The zero-order chi connectivity index (χ0) is 15.9. The van der Waals surface area contributed by atoms with Crippen LogP contribution in [-0.4, -0.2) is 41.9 Å². The topological polar surface area (TPSA) is 87.7 Å². The molecule has 1 heterocycles. The normalized spacial score (nSPS) is 24.9. The van der Waals surface area contributed by atoms with Crippen LogP contribution in [0.2, 0.25) is 0 Å². The molecule has 0 radical (unpaired) electrons. The third-order valence-electron chi connectivity index (χ3n) is 3.93. The van der Waals surface area contributed by atoms with Gasteiger partial charge < -0.3 is 20.5 Å². The van der Waals surface area contributed by atoms with Crippen molar-refractivity contribution in [3.8, 4) is 0 Å². The molecule has 1 rings (SSSR count). The molecule has 0 bridgehead atoms. The van der Waals surface area contributed by atoms with Crippen LogP contribution in [0.5, 0.6) is 0 Å². The average molecular weight is 300 g/mol. The number of hydrogen-bond donors (Lipinski definition) is 3. The van der Waals surface area contributed by atoms with Crippen LogP contribution in [0.15, 0.2) is 0 Å². The lowest BCUT2D eigenvalue weighted by atomic mass is 9.95. The molecule has 21 heavy (non-hydrogen) atoms. The fraction of sp³-hybridized carbons (Fsp3) is 0.867. The second kappa shape index (κ2) is 8.22. The molecule has 2 amide bonds. The average Bonchev–Trinajstić information content (AvgIpc) is 2.38. The summed E-state index contributed by atoms with van der Waals surface area (Å²) in [6.07, 6.45) is 4.08. The fourth-order valence-electron chi connectivity index (χ4n) is 2.49. The molecule has 1 aliphatic rings. The Bertz CT molecular complexity index is 354. The Labute approximate surface area is 126 Å². The molecule has 0 aliphatic carbocycles. The summed E-state index contributed by atoms with van der Waals surface area (Å²) >= 11 is 0. The Morgan fingerprint density at radius 3 is 2.62 bits per heavy atom. The van der Waals surface area contributed by atoms with Gasteiger partial charge in [0.15, 0.2) is 0 Å². The van der Waals surface area contributed by atoms with Gasteiger partial charge in [0.25, 0.3) is 0 Å². The molecule has 1 fully saturated rings. The number of carboxylic acid groups (broad SMARTS) is 1. The zero-order valence-electron chi connectivity index (χ0n) is 13.3. The molecule has 6 heteroatoms. The third-order valence-corrected chi connectivity index (χ3v) is 3.93. The van der Waals surface area contributed by atoms with Crippen molar-refractivity contribution in [3.05, 3.63) is 0 Å². The molecule has 3 N–H and O–H groups in total. The van der Waals surface area contributed by atoms with Crippen molar-refractivity contribution in [1.29, 1.82) is 0 Å². The standard InChI is InChI=1S/C15H28N2O4/c1-11(13(18)19)6-4-7-12(2)16-14(20)17-15(3)8-5-9-21-10-15/h11-12H,4-10H2,1-3H3,(H,18,19)(H2,16,17,20). The number of hydrogen-bond acceptors (Lipinski definition) is 3. The van der Waals surface area contributed by atoms with Gasteiger partial charge in [-0.2, -0.15) is 0 Å². The van der Waals surface area contributed by atoms with Gasteiger partial charge in [-0.1, -0.05) is 13.3 Å². The molecule has 122 valence electrons. The van der Waals surface area contributed by atoms with E-state index in [1.807, 2.05) is 13.8 Å². The number of amides is 2. The van der Waals surface area contributed by atoms with Gasteiger partial charge in [0.1, 0.15) is 0 Å². The van der Waals surface area contributed by atoms with Crippen LogP contribution in [-0.2, 0) is 9.53 Å². The van der Waals surface area contributed by atoms with Crippen LogP contribution in [0.4, 0.5) is 4.79 Å². The van der Waals surface area contributed by atoms with E-state index in [-0.39, 0.29) is 23.5 Å². The lowest BCUT2D eigenvalue weighted by Crippen LogP contribution is -2.55. The molecule has 0 aromatic carbocycles. The lowest BCUT2D eigenvalue weighted by molar-refractivity contribution is -0.141. The van der Waals surface area contributed by atoms with Gasteiger partial charge >= 0.3 is 12.0 Å². The minimum Gasteiger partial charge on any atom is -0.481 e. The molecule has 1 aliphatic heterocycles. The first-order valence-electron chi connectivity index (χ1n) is 7.71. The Balaban J connectivity index is 2.22. The number of carbonyl (C=O) groups is 2. The van der Waals surface area contributed by atoms with E-state index < -0.39 is 5.97 Å². The second-order valence-corrected chi connectivity index (χ2v) is 6.39. The van der Waals surface area contributed by atoms with Crippen molar-refractivity contribution >= 4 is 12.0 Å². The molecule has 6 nitrogen and oxygen atoms in total. The summed E-state index contributed by atoms with van der Waals surface area (Å²) in [6.45, 7) is 6.94. The maximum absolute atomic E-state index is 12.0. The summed E-state index contributed by atoms with van der Waals surface area (Å²) < 4.78 is 5.41. The van der Waals surface area contributed by atoms with Gasteiger partial charge in [-0.3, -0.25) is 4.79 Å². The van der Waals surface area contributed by atoms with Crippen molar-refractivity contribution in [2.24, 2.45) is 5.92 Å². The van der Waals surface area contributed by atoms with Crippen molar-refractivity contribution in [3.63, 3.8) is 0 Å². The van der Waals surface area contributed by atoms with Crippen molar-refractivity contribution in [2.75, 3.05) is 13.2 Å². The van der Waals surface area contributed by atoms with E-state index in [0.29, 0.717) is 13.0 Å². The molecular weight excluding hydrogens is 272 g/mol. The molecular formula is C15H28N2O4. The van der Waals surface area contributed by atoms with Crippen LogP contribution < -0.4 is 10.6 Å². The molecule has 3 unspecified atom stereocenters. The first-order chi connectivity index (χ1) is 9.82. The first kappa shape index (κ1) is 17.8. The minimum atomic E-state index is -0.765. The predicted octanol–water partition coefficient (Wildman–Crippen LogP) is 2.13. The Morgan fingerprint density at radius 1 is 1.33 bits per heavy atom. The highest BCUT2D eigenvalue weighted by Gasteiger charge is 2.29. The number of carbonyl (C=O) groups excluding carboxylic acids is 1. The van der Waals surface area contributed by atoms with E-state index in [1.54, 1.807) is 6.92 Å². The van der Waals surface area contributed by atoms with E-state index in [1.165, 1.54) is 0 Å². The van der Waals surface area contributed by atoms with E-state index in [0.717, 1.165) is 32.3 Å². The lowest BCUT2D eigenvalue weighted by Gasteiger charge is -2.34. The van der Waals surface area contributed by atoms with Crippen LogP contribution in [0.3, 0.4) is 0 Å². The summed E-state index contributed by atoms with van der Waals surface area (Å²) in [5.41, 5.74) is -0.292. The maximum atomic E-state index is 12.0. The van der Waals surface area contributed by atoms with Crippen LogP contribution in [0.1, 0.15) is 52.9 Å². The van der Waals surface area contributed by atoms with Crippen LogP contribution >= 0.6 is 0 Å². The predicted molar refractivity (Wildman–Crippen MR) is 80.2 cm³/mol. The van der Waals surface area contributed by atoms with Crippen molar-refractivity contribution in [1.82, 2.24) is 10.6 Å². The number of nitrogens with one attached hydrogen (secondary N) is 2. The highest BCUT2D eigenvalue weighted by Crippen LogP contribution is 2.18. The van der Waals surface area contributed by atoms with Gasteiger partial charge in [-0.15, -0.1) is 0 Å². The first-order valence-corrected chi connectivity index (χ1v) is 7.71. The Hall–Kier alpha value is -1.30. The Morgan fingerprint density at radius 2 is 2.05 bits per heavy atom.